The van der Waals surface area contributed by atoms with Crippen molar-refractivity contribution in [3.05, 3.63) is 12.7 Å². The van der Waals surface area contributed by atoms with E-state index in [9.17, 15) is 4.79 Å². The molecule has 0 saturated carbocycles. The highest BCUT2D eigenvalue weighted by molar-refractivity contribution is 5.80. The molecule has 0 bridgehead atoms. The quantitative estimate of drug-likeness (QED) is 0.663. The van der Waals surface area contributed by atoms with Crippen LogP contribution in [0.3, 0.4) is 0 Å². The summed E-state index contributed by atoms with van der Waals surface area (Å²) in [5.74, 6) is 0.312. The van der Waals surface area contributed by atoms with Crippen LogP contribution in [0.25, 0.3) is 0 Å². The Morgan fingerprint density at radius 1 is 1.43 bits per heavy atom. The maximum Gasteiger partial charge on any atom is 0.223 e. The fourth-order valence-electron chi connectivity index (χ4n) is 2.71. The lowest BCUT2D eigenvalue weighted by molar-refractivity contribution is -0.131. The molecule has 2 saturated heterocycles. The largest absolute Gasteiger partial charge is 0.333 e. The van der Waals surface area contributed by atoms with Crippen LogP contribution in [0, 0.1) is 0 Å². The van der Waals surface area contributed by atoms with Gasteiger partial charge in [0.25, 0.3) is 0 Å². The van der Waals surface area contributed by atoms with Gasteiger partial charge in [-0.25, -0.2) is 0 Å². The first kappa shape index (κ1) is 9.71. The normalized spacial score (nSPS) is 25.7. The Kier molecular flexibility index (Phi) is 2.59. The standard InChI is InChI=1S/C11H18N2O/c1-2-9-13-10(14)3-4-11(13)5-7-12-8-6-11/h2,12H,1,3-9H2. The monoisotopic (exact) mass is 194 g/mol. The Hall–Kier alpha value is -0.830. The second-order valence-electron chi connectivity index (χ2n) is 4.27. The smallest absolute Gasteiger partial charge is 0.223 e. The average Bonchev–Trinajstić information content (AvgIpc) is 2.49. The molecule has 2 rings (SSSR count). The highest BCUT2D eigenvalue weighted by Gasteiger charge is 2.44. The van der Waals surface area contributed by atoms with Crippen molar-refractivity contribution in [2.75, 3.05) is 19.6 Å². The van der Waals surface area contributed by atoms with E-state index in [2.05, 4.69) is 11.9 Å². The summed E-state index contributed by atoms with van der Waals surface area (Å²) in [7, 11) is 0. The predicted octanol–water partition coefficient (Wildman–Crippen LogP) is 0.917. The first-order valence-electron chi connectivity index (χ1n) is 5.41. The van der Waals surface area contributed by atoms with Gasteiger partial charge in [-0.15, -0.1) is 6.58 Å². The molecule has 0 aromatic heterocycles. The van der Waals surface area contributed by atoms with E-state index in [0.29, 0.717) is 5.91 Å². The molecule has 2 fully saturated rings. The average molecular weight is 194 g/mol. The van der Waals surface area contributed by atoms with Crippen LogP contribution in [0.4, 0.5) is 0 Å². The Morgan fingerprint density at radius 2 is 2.14 bits per heavy atom. The molecule has 1 spiro atoms. The Labute approximate surface area is 85.2 Å². The van der Waals surface area contributed by atoms with Crippen molar-refractivity contribution >= 4 is 5.91 Å². The Bertz CT molecular complexity index is 244. The Balaban J connectivity index is 2.15. The van der Waals surface area contributed by atoms with Crippen molar-refractivity contribution in [3.63, 3.8) is 0 Å². The molecule has 0 atom stereocenters. The van der Waals surface area contributed by atoms with Crippen LogP contribution in [-0.4, -0.2) is 36.0 Å². The topological polar surface area (TPSA) is 32.3 Å². The molecule has 0 radical (unpaired) electrons. The van der Waals surface area contributed by atoms with E-state index in [1.807, 2.05) is 11.0 Å². The zero-order chi connectivity index (χ0) is 10.0. The number of nitrogens with one attached hydrogen (secondary N) is 1. The maximum absolute atomic E-state index is 11.7. The van der Waals surface area contributed by atoms with E-state index in [0.717, 1.165) is 45.3 Å². The molecule has 0 aliphatic carbocycles. The van der Waals surface area contributed by atoms with E-state index in [1.165, 1.54) is 0 Å². The SMILES string of the molecule is C=CCN1C(=O)CCC12CCNCC2. The van der Waals surface area contributed by atoms with Gasteiger partial charge in [0.2, 0.25) is 5.91 Å². The van der Waals surface area contributed by atoms with Crippen LogP contribution >= 0.6 is 0 Å². The third-order valence-electron chi connectivity index (χ3n) is 3.52. The van der Waals surface area contributed by atoms with E-state index in [-0.39, 0.29) is 5.54 Å². The van der Waals surface area contributed by atoms with Crippen LogP contribution < -0.4 is 5.32 Å². The van der Waals surface area contributed by atoms with Crippen molar-refractivity contribution in [1.82, 2.24) is 10.2 Å². The van der Waals surface area contributed by atoms with Gasteiger partial charge in [-0.05, 0) is 32.4 Å². The van der Waals surface area contributed by atoms with Crippen molar-refractivity contribution in [3.8, 4) is 0 Å². The molecule has 0 unspecified atom stereocenters. The summed E-state index contributed by atoms with van der Waals surface area (Å²) in [5, 5.41) is 3.35. The summed E-state index contributed by atoms with van der Waals surface area (Å²) in [6.07, 6.45) is 5.82. The number of hydrogen-bond acceptors (Lipinski definition) is 2. The number of rotatable bonds is 2. The lowest BCUT2D eigenvalue weighted by atomic mass is 9.86. The lowest BCUT2D eigenvalue weighted by Crippen LogP contribution is -2.52. The number of hydrogen-bond donors (Lipinski definition) is 1. The van der Waals surface area contributed by atoms with Gasteiger partial charge >= 0.3 is 0 Å². The van der Waals surface area contributed by atoms with Crippen LogP contribution in [0.5, 0.6) is 0 Å². The van der Waals surface area contributed by atoms with Crippen molar-refractivity contribution in [2.45, 2.75) is 31.2 Å². The highest BCUT2D eigenvalue weighted by atomic mass is 16.2. The second-order valence-corrected chi connectivity index (χ2v) is 4.27. The number of carbonyl (C=O) groups is 1. The molecule has 1 N–H and O–H groups in total. The summed E-state index contributed by atoms with van der Waals surface area (Å²) in [6, 6.07) is 0. The van der Waals surface area contributed by atoms with Crippen molar-refractivity contribution < 1.29 is 4.79 Å². The first-order chi connectivity index (χ1) is 6.78. The third-order valence-corrected chi connectivity index (χ3v) is 3.52. The minimum atomic E-state index is 0.163. The van der Waals surface area contributed by atoms with E-state index < -0.39 is 0 Å². The van der Waals surface area contributed by atoms with Crippen molar-refractivity contribution in [1.29, 1.82) is 0 Å². The van der Waals surface area contributed by atoms with Crippen LogP contribution in [-0.2, 0) is 4.79 Å². The van der Waals surface area contributed by atoms with E-state index in [4.69, 9.17) is 0 Å². The summed E-state index contributed by atoms with van der Waals surface area (Å²) in [4.78, 5) is 13.7. The van der Waals surface area contributed by atoms with Crippen LogP contribution in [0.1, 0.15) is 25.7 Å². The molecule has 1 amide bonds. The predicted molar refractivity (Wildman–Crippen MR) is 56.0 cm³/mol. The number of piperidine rings is 1. The number of likely N-dealkylation sites (tertiary alicyclic amines) is 1. The minimum Gasteiger partial charge on any atom is -0.333 e. The van der Waals surface area contributed by atoms with Gasteiger partial charge in [0, 0.05) is 18.5 Å². The molecule has 3 heteroatoms. The van der Waals surface area contributed by atoms with Gasteiger partial charge < -0.3 is 10.2 Å². The second kappa shape index (κ2) is 3.73. The van der Waals surface area contributed by atoms with E-state index in [1.54, 1.807) is 0 Å². The number of amides is 1. The summed E-state index contributed by atoms with van der Waals surface area (Å²) < 4.78 is 0. The molecule has 14 heavy (non-hydrogen) atoms. The van der Waals surface area contributed by atoms with E-state index >= 15 is 0 Å². The molecule has 0 aromatic rings. The molecule has 2 heterocycles. The maximum atomic E-state index is 11.7. The van der Waals surface area contributed by atoms with Gasteiger partial charge in [0.15, 0.2) is 0 Å². The zero-order valence-electron chi connectivity index (χ0n) is 8.59. The minimum absolute atomic E-state index is 0.163. The van der Waals surface area contributed by atoms with Gasteiger partial charge in [-0.1, -0.05) is 6.08 Å². The Morgan fingerprint density at radius 3 is 2.79 bits per heavy atom. The number of nitrogens with zero attached hydrogens (tertiary/aromatic N) is 1. The lowest BCUT2D eigenvalue weighted by Gasteiger charge is -2.41. The molecule has 2 aliphatic heterocycles. The van der Waals surface area contributed by atoms with Gasteiger partial charge in [-0.2, -0.15) is 0 Å². The summed E-state index contributed by atoms with van der Waals surface area (Å²) in [6.45, 7) is 6.53. The van der Waals surface area contributed by atoms with Crippen LogP contribution in [0.15, 0.2) is 12.7 Å². The van der Waals surface area contributed by atoms with Gasteiger partial charge in [-0.3, -0.25) is 4.79 Å². The van der Waals surface area contributed by atoms with Crippen molar-refractivity contribution in [2.24, 2.45) is 0 Å². The summed E-state index contributed by atoms with van der Waals surface area (Å²) in [5.41, 5.74) is 0.163. The zero-order valence-corrected chi connectivity index (χ0v) is 8.59. The fourth-order valence-corrected chi connectivity index (χ4v) is 2.71. The molecular formula is C11H18N2O. The third kappa shape index (κ3) is 1.46. The molecule has 78 valence electrons. The molecule has 3 nitrogen and oxygen atoms in total. The molecule has 0 aromatic carbocycles. The first-order valence-corrected chi connectivity index (χ1v) is 5.41. The number of carbonyl (C=O) groups excluding carboxylic acids is 1. The molecule has 2 aliphatic rings. The van der Waals surface area contributed by atoms with Crippen LogP contribution in [0.2, 0.25) is 0 Å². The fraction of sp³-hybridized carbons (Fsp3) is 0.727. The van der Waals surface area contributed by atoms with Gasteiger partial charge in [0.1, 0.15) is 0 Å². The summed E-state index contributed by atoms with van der Waals surface area (Å²) >= 11 is 0. The molecular weight excluding hydrogens is 176 g/mol. The highest BCUT2D eigenvalue weighted by Crippen LogP contribution is 2.37. The van der Waals surface area contributed by atoms with Gasteiger partial charge in [0.05, 0.1) is 0 Å².